The molecule has 0 aliphatic rings. The third-order valence-electron chi connectivity index (χ3n) is 3.10. The molecule has 0 spiro atoms. The van der Waals surface area contributed by atoms with Crippen molar-refractivity contribution in [3.63, 3.8) is 0 Å². The molecule has 0 atom stereocenters. The number of anilines is 1. The Kier molecular flexibility index (Phi) is 4.59. The van der Waals surface area contributed by atoms with Crippen LogP contribution < -0.4 is 10.6 Å². The van der Waals surface area contributed by atoms with Gasteiger partial charge >= 0.3 is 12.0 Å². The fourth-order valence-electron chi connectivity index (χ4n) is 1.85. The van der Waals surface area contributed by atoms with Crippen molar-refractivity contribution in [3.05, 3.63) is 51.2 Å². The van der Waals surface area contributed by atoms with Crippen LogP contribution >= 0.6 is 11.3 Å². The number of hydrogen-bond donors (Lipinski definition) is 3. The van der Waals surface area contributed by atoms with E-state index in [1.807, 2.05) is 18.4 Å². The number of aromatic carboxylic acids is 1. The predicted octanol–water partition coefficient (Wildman–Crippen LogP) is 3.38. The van der Waals surface area contributed by atoms with E-state index >= 15 is 0 Å². The quantitative estimate of drug-likeness (QED) is 0.810. The highest BCUT2D eigenvalue weighted by atomic mass is 32.1. The number of hydrogen-bond acceptors (Lipinski definition) is 3. The number of thiophene rings is 1. The molecular weight excluding hydrogens is 288 g/mol. The van der Waals surface area contributed by atoms with Gasteiger partial charge in [-0.05, 0) is 54.6 Å². The smallest absolute Gasteiger partial charge is 0.335 e. The Morgan fingerprint density at radius 1 is 1.19 bits per heavy atom. The molecular formula is C15H16N2O3S. The Balaban J connectivity index is 1.96. The van der Waals surface area contributed by atoms with Gasteiger partial charge in [0.15, 0.2) is 0 Å². The largest absolute Gasteiger partial charge is 0.478 e. The summed E-state index contributed by atoms with van der Waals surface area (Å²) in [6.07, 6.45) is 0. The number of rotatable bonds is 4. The van der Waals surface area contributed by atoms with Crippen LogP contribution in [0.4, 0.5) is 10.5 Å². The highest BCUT2D eigenvalue weighted by Gasteiger charge is 2.08. The van der Waals surface area contributed by atoms with Crippen molar-refractivity contribution in [2.75, 3.05) is 5.32 Å². The van der Waals surface area contributed by atoms with Crippen LogP contribution in [0.2, 0.25) is 0 Å². The minimum absolute atomic E-state index is 0.202. The van der Waals surface area contributed by atoms with E-state index in [2.05, 4.69) is 10.6 Å². The second-order valence-corrected chi connectivity index (χ2v) is 5.67. The molecule has 110 valence electrons. The lowest BCUT2D eigenvalue weighted by Crippen LogP contribution is -2.28. The van der Waals surface area contributed by atoms with Crippen LogP contribution in [0.3, 0.4) is 0 Å². The van der Waals surface area contributed by atoms with Gasteiger partial charge in [0.05, 0.1) is 12.1 Å². The maximum atomic E-state index is 11.9. The number of urea groups is 1. The van der Waals surface area contributed by atoms with Gasteiger partial charge in [-0.3, -0.25) is 0 Å². The number of benzene rings is 1. The Hall–Kier alpha value is -2.34. The second kappa shape index (κ2) is 6.41. The first-order chi connectivity index (χ1) is 9.97. The fraction of sp³-hybridized carbons (Fsp3) is 0.200. The highest BCUT2D eigenvalue weighted by molar-refractivity contribution is 7.10. The number of nitrogens with one attached hydrogen (secondary N) is 2. The number of carbonyl (C=O) groups excluding carboxylic acids is 1. The van der Waals surface area contributed by atoms with E-state index in [4.69, 9.17) is 5.11 Å². The molecule has 0 saturated heterocycles. The van der Waals surface area contributed by atoms with E-state index in [0.29, 0.717) is 17.8 Å². The summed E-state index contributed by atoms with van der Waals surface area (Å²) in [7, 11) is 0. The molecule has 0 aliphatic heterocycles. The van der Waals surface area contributed by atoms with Gasteiger partial charge in [0.1, 0.15) is 0 Å². The topological polar surface area (TPSA) is 78.4 Å². The average Bonchev–Trinajstić information content (AvgIpc) is 2.84. The van der Waals surface area contributed by atoms with Crippen molar-refractivity contribution in [2.45, 2.75) is 20.4 Å². The van der Waals surface area contributed by atoms with Gasteiger partial charge in [-0.2, -0.15) is 0 Å². The first-order valence-corrected chi connectivity index (χ1v) is 7.27. The molecule has 3 N–H and O–H groups in total. The third-order valence-corrected chi connectivity index (χ3v) is 4.12. The zero-order valence-corrected chi connectivity index (χ0v) is 12.6. The summed E-state index contributed by atoms with van der Waals surface area (Å²) in [6.45, 7) is 4.23. The van der Waals surface area contributed by atoms with Gasteiger partial charge in [-0.15, -0.1) is 11.3 Å². The normalized spacial score (nSPS) is 10.2. The molecule has 6 heteroatoms. The molecule has 5 nitrogen and oxygen atoms in total. The first-order valence-electron chi connectivity index (χ1n) is 6.39. The van der Waals surface area contributed by atoms with Gasteiger partial charge in [0, 0.05) is 10.6 Å². The average molecular weight is 304 g/mol. The summed E-state index contributed by atoms with van der Waals surface area (Å²) in [5, 5.41) is 16.4. The van der Waals surface area contributed by atoms with Crippen LogP contribution in [0, 0.1) is 13.8 Å². The minimum Gasteiger partial charge on any atom is -0.478 e. The van der Waals surface area contributed by atoms with Gasteiger partial charge in [-0.1, -0.05) is 0 Å². The molecule has 1 aromatic heterocycles. The van der Waals surface area contributed by atoms with E-state index < -0.39 is 5.97 Å². The van der Waals surface area contributed by atoms with Crippen molar-refractivity contribution in [1.29, 1.82) is 0 Å². The van der Waals surface area contributed by atoms with Crippen LogP contribution in [0.25, 0.3) is 0 Å². The lowest BCUT2D eigenvalue weighted by Gasteiger charge is -2.10. The van der Waals surface area contributed by atoms with E-state index in [1.165, 1.54) is 12.1 Å². The van der Waals surface area contributed by atoms with E-state index in [0.717, 1.165) is 10.4 Å². The number of carbonyl (C=O) groups is 2. The Morgan fingerprint density at radius 2 is 1.95 bits per heavy atom. The molecule has 21 heavy (non-hydrogen) atoms. The maximum absolute atomic E-state index is 11.9. The van der Waals surface area contributed by atoms with Gasteiger partial charge in [0.2, 0.25) is 0 Å². The second-order valence-electron chi connectivity index (χ2n) is 4.67. The van der Waals surface area contributed by atoms with Crippen LogP contribution in [0.15, 0.2) is 29.6 Å². The summed E-state index contributed by atoms with van der Waals surface area (Å²) in [5.74, 6) is -0.984. The van der Waals surface area contributed by atoms with Gasteiger partial charge in [0.25, 0.3) is 0 Å². The van der Waals surface area contributed by atoms with Crippen molar-refractivity contribution < 1.29 is 14.7 Å². The monoisotopic (exact) mass is 304 g/mol. The SMILES string of the molecule is Cc1cc(C(=O)O)ccc1NC(=O)NCc1sccc1C. The molecule has 2 amide bonds. The Labute approximate surface area is 126 Å². The molecule has 1 heterocycles. The zero-order valence-electron chi connectivity index (χ0n) is 11.8. The molecule has 0 unspecified atom stereocenters. The lowest BCUT2D eigenvalue weighted by molar-refractivity contribution is 0.0697. The molecule has 0 aliphatic carbocycles. The van der Waals surface area contributed by atoms with Gasteiger partial charge in [-0.25, -0.2) is 9.59 Å². The lowest BCUT2D eigenvalue weighted by atomic mass is 10.1. The molecule has 2 aromatic rings. The molecule has 0 fully saturated rings. The molecule has 0 bridgehead atoms. The third kappa shape index (κ3) is 3.82. The van der Waals surface area contributed by atoms with Crippen molar-refractivity contribution in [3.8, 4) is 0 Å². The Bertz CT molecular complexity index is 679. The summed E-state index contributed by atoms with van der Waals surface area (Å²) in [6, 6.07) is 6.28. The van der Waals surface area contributed by atoms with Crippen molar-refractivity contribution >= 4 is 29.0 Å². The van der Waals surface area contributed by atoms with E-state index in [9.17, 15) is 9.59 Å². The van der Waals surface area contributed by atoms with Gasteiger partial charge < -0.3 is 15.7 Å². The summed E-state index contributed by atoms with van der Waals surface area (Å²) in [4.78, 5) is 23.8. The number of carboxylic acids is 1. The maximum Gasteiger partial charge on any atom is 0.335 e. The molecule has 2 rings (SSSR count). The minimum atomic E-state index is -0.984. The summed E-state index contributed by atoms with van der Waals surface area (Å²) < 4.78 is 0. The van der Waals surface area contributed by atoms with Crippen LogP contribution in [0.1, 0.15) is 26.4 Å². The first kappa shape index (κ1) is 15.1. The van der Waals surface area contributed by atoms with Crippen LogP contribution in [0.5, 0.6) is 0 Å². The van der Waals surface area contributed by atoms with Crippen LogP contribution in [-0.2, 0) is 6.54 Å². The van der Waals surface area contributed by atoms with E-state index in [1.54, 1.807) is 24.3 Å². The highest BCUT2D eigenvalue weighted by Crippen LogP contribution is 2.17. The summed E-state index contributed by atoms with van der Waals surface area (Å²) in [5.41, 5.74) is 2.66. The standard InChI is InChI=1S/C15H16N2O3S/c1-9-5-6-21-13(9)8-16-15(20)17-12-4-3-11(14(18)19)7-10(12)2/h3-7H,8H2,1-2H3,(H,18,19)(H2,16,17,20). The molecule has 0 radical (unpaired) electrons. The summed E-state index contributed by atoms with van der Waals surface area (Å²) >= 11 is 1.60. The van der Waals surface area contributed by atoms with Crippen LogP contribution in [-0.4, -0.2) is 17.1 Å². The fourth-order valence-corrected chi connectivity index (χ4v) is 2.70. The number of carboxylic acid groups (broad SMARTS) is 1. The van der Waals surface area contributed by atoms with Crippen molar-refractivity contribution in [1.82, 2.24) is 5.32 Å². The number of amides is 2. The number of aryl methyl sites for hydroxylation is 2. The zero-order chi connectivity index (χ0) is 15.4. The van der Waals surface area contributed by atoms with Crippen molar-refractivity contribution in [2.24, 2.45) is 0 Å². The predicted molar refractivity (Wildman–Crippen MR) is 83.1 cm³/mol. The Morgan fingerprint density at radius 3 is 2.52 bits per heavy atom. The van der Waals surface area contributed by atoms with E-state index in [-0.39, 0.29) is 11.6 Å². The molecule has 0 saturated carbocycles. The molecule has 1 aromatic carbocycles.